The Bertz CT molecular complexity index is 752. The molecule has 0 aromatic carbocycles. The Morgan fingerprint density at radius 2 is 1.85 bits per heavy atom. The lowest BCUT2D eigenvalue weighted by Crippen LogP contribution is -2.36. The Balaban J connectivity index is 1.85. The molecule has 2 heterocycles. The summed E-state index contributed by atoms with van der Waals surface area (Å²) in [5, 5.41) is 4.52. The van der Waals surface area contributed by atoms with Crippen molar-refractivity contribution in [2.75, 3.05) is 0 Å². The van der Waals surface area contributed by atoms with Crippen LogP contribution in [-0.4, -0.2) is 30.1 Å². The molecule has 1 fully saturated rings. The van der Waals surface area contributed by atoms with Crippen molar-refractivity contribution >= 4 is 5.91 Å². The van der Waals surface area contributed by atoms with Gasteiger partial charge in [0.15, 0.2) is 0 Å². The number of carbonyl (C=O) groups is 1. The lowest BCUT2D eigenvalue weighted by molar-refractivity contribution is -0.137. The number of hydrogen-bond acceptors (Lipinski definition) is 3. The standard InChI is InChI=1S/C20H31N5O/c1-15-18(16(2)24(4)22-15)13-25(14-19-21-11-12-23(19)3)20(26)17-9-7-5-6-8-10-17/h11-12,17H,5-10,13-14H2,1-4H3. The zero-order valence-electron chi connectivity index (χ0n) is 16.5. The second-order valence-corrected chi connectivity index (χ2v) is 7.61. The fourth-order valence-corrected chi connectivity index (χ4v) is 3.95. The van der Waals surface area contributed by atoms with E-state index in [-0.39, 0.29) is 11.8 Å². The van der Waals surface area contributed by atoms with Crippen LogP contribution < -0.4 is 0 Å². The Hall–Kier alpha value is -2.11. The van der Waals surface area contributed by atoms with E-state index in [2.05, 4.69) is 17.0 Å². The minimum atomic E-state index is 0.148. The largest absolute Gasteiger partial charge is 0.337 e. The molecule has 0 bridgehead atoms. The Morgan fingerprint density at radius 3 is 2.38 bits per heavy atom. The number of amides is 1. The molecule has 0 aliphatic heterocycles. The lowest BCUT2D eigenvalue weighted by Gasteiger charge is -2.27. The van der Waals surface area contributed by atoms with Gasteiger partial charge in [0.2, 0.25) is 5.91 Å². The quantitative estimate of drug-likeness (QED) is 0.772. The normalized spacial score (nSPS) is 15.8. The van der Waals surface area contributed by atoms with Gasteiger partial charge in [0, 0.05) is 50.2 Å². The van der Waals surface area contributed by atoms with E-state index in [0.29, 0.717) is 13.1 Å². The molecule has 6 nitrogen and oxygen atoms in total. The van der Waals surface area contributed by atoms with E-state index in [1.165, 1.54) is 12.8 Å². The third kappa shape index (κ3) is 4.00. The summed E-state index contributed by atoms with van der Waals surface area (Å²) < 4.78 is 3.90. The number of carbonyl (C=O) groups excluding carboxylic acids is 1. The third-order valence-corrected chi connectivity index (χ3v) is 5.78. The summed E-state index contributed by atoms with van der Waals surface area (Å²) in [6.07, 6.45) is 10.6. The molecule has 0 radical (unpaired) electrons. The van der Waals surface area contributed by atoms with Crippen molar-refractivity contribution in [3.8, 4) is 0 Å². The zero-order valence-corrected chi connectivity index (χ0v) is 16.5. The average Bonchev–Trinajstić information content (AvgIpc) is 2.98. The third-order valence-electron chi connectivity index (χ3n) is 5.78. The Labute approximate surface area is 156 Å². The van der Waals surface area contributed by atoms with Gasteiger partial charge in [0.25, 0.3) is 0 Å². The number of rotatable bonds is 5. The smallest absolute Gasteiger partial charge is 0.226 e. The second kappa shape index (κ2) is 8.06. The van der Waals surface area contributed by atoms with Crippen LogP contribution in [0.1, 0.15) is 61.3 Å². The van der Waals surface area contributed by atoms with Crippen molar-refractivity contribution in [2.45, 2.75) is 65.5 Å². The molecule has 3 rings (SSSR count). The second-order valence-electron chi connectivity index (χ2n) is 7.61. The maximum Gasteiger partial charge on any atom is 0.226 e. The fourth-order valence-electron chi connectivity index (χ4n) is 3.95. The van der Waals surface area contributed by atoms with Crippen LogP contribution in [0, 0.1) is 19.8 Å². The number of aryl methyl sites for hydroxylation is 3. The van der Waals surface area contributed by atoms with E-state index >= 15 is 0 Å². The highest BCUT2D eigenvalue weighted by atomic mass is 16.2. The molecule has 0 N–H and O–H groups in total. The highest BCUT2D eigenvalue weighted by Gasteiger charge is 2.27. The first-order valence-electron chi connectivity index (χ1n) is 9.71. The summed E-state index contributed by atoms with van der Waals surface area (Å²) in [5.41, 5.74) is 3.29. The van der Waals surface area contributed by atoms with Crippen molar-refractivity contribution in [3.05, 3.63) is 35.2 Å². The monoisotopic (exact) mass is 357 g/mol. The SMILES string of the molecule is Cc1nn(C)c(C)c1CN(Cc1nccn1C)C(=O)C1CCCCCC1. The minimum absolute atomic E-state index is 0.148. The van der Waals surface area contributed by atoms with Gasteiger partial charge in [-0.3, -0.25) is 9.48 Å². The van der Waals surface area contributed by atoms with Gasteiger partial charge < -0.3 is 9.47 Å². The molecular weight excluding hydrogens is 326 g/mol. The fraction of sp³-hybridized carbons (Fsp3) is 0.650. The molecule has 142 valence electrons. The molecule has 26 heavy (non-hydrogen) atoms. The molecule has 1 saturated carbocycles. The van der Waals surface area contributed by atoms with Crippen molar-refractivity contribution in [1.82, 2.24) is 24.2 Å². The van der Waals surface area contributed by atoms with Crippen LogP contribution in [0.15, 0.2) is 12.4 Å². The summed E-state index contributed by atoms with van der Waals surface area (Å²) in [5.74, 6) is 1.35. The van der Waals surface area contributed by atoms with Crippen LogP contribution in [0.2, 0.25) is 0 Å². The summed E-state index contributed by atoms with van der Waals surface area (Å²) in [4.78, 5) is 19.8. The van der Waals surface area contributed by atoms with E-state index in [1.54, 1.807) is 6.20 Å². The first kappa shape index (κ1) is 18.7. The topological polar surface area (TPSA) is 56.0 Å². The van der Waals surface area contributed by atoms with Gasteiger partial charge in [-0.1, -0.05) is 25.7 Å². The number of nitrogens with zero attached hydrogens (tertiary/aromatic N) is 5. The van der Waals surface area contributed by atoms with Gasteiger partial charge in [0.05, 0.1) is 12.2 Å². The average molecular weight is 358 g/mol. The van der Waals surface area contributed by atoms with Crippen LogP contribution in [0.4, 0.5) is 0 Å². The molecule has 2 aromatic heterocycles. The van der Waals surface area contributed by atoms with Crippen molar-refractivity contribution < 1.29 is 4.79 Å². The van der Waals surface area contributed by atoms with E-state index in [0.717, 1.165) is 48.5 Å². The predicted octanol–water partition coefficient (Wildman–Crippen LogP) is 3.27. The molecule has 1 amide bonds. The zero-order chi connectivity index (χ0) is 18.7. The van der Waals surface area contributed by atoms with Crippen LogP contribution in [0.25, 0.3) is 0 Å². The first-order valence-corrected chi connectivity index (χ1v) is 9.71. The van der Waals surface area contributed by atoms with Crippen LogP contribution in [-0.2, 0) is 32.0 Å². The van der Waals surface area contributed by atoms with Crippen LogP contribution in [0.3, 0.4) is 0 Å². The van der Waals surface area contributed by atoms with E-state index in [9.17, 15) is 4.79 Å². The van der Waals surface area contributed by atoms with E-state index < -0.39 is 0 Å². The summed E-state index contributed by atoms with van der Waals surface area (Å²) in [6, 6.07) is 0. The molecule has 0 atom stereocenters. The van der Waals surface area contributed by atoms with E-state index in [1.807, 2.05) is 41.4 Å². The maximum atomic E-state index is 13.4. The Kier molecular flexibility index (Phi) is 5.79. The summed E-state index contributed by atoms with van der Waals surface area (Å²) in [6.45, 7) is 5.25. The van der Waals surface area contributed by atoms with Gasteiger partial charge >= 0.3 is 0 Å². The van der Waals surface area contributed by atoms with E-state index in [4.69, 9.17) is 0 Å². The number of imidazole rings is 1. The minimum Gasteiger partial charge on any atom is -0.337 e. The molecule has 0 unspecified atom stereocenters. The summed E-state index contributed by atoms with van der Waals surface area (Å²) in [7, 11) is 3.94. The molecule has 1 aliphatic carbocycles. The molecule has 1 aliphatic rings. The molecule has 0 saturated heterocycles. The van der Waals surface area contributed by atoms with Crippen LogP contribution >= 0.6 is 0 Å². The highest BCUT2D eigenvalue weighted by Crippen LogP contribution is 2.26. The van der Waals surface area contributed by atoms with Gasteiger partial charge in [-0.05, 0) is 26.7 Å². The Morgan fingerprint density at radius 1 is 1.15 bits per heavy atom. The van der Waals surface area contributed by atoms with Crippen molar-refractivity contribution in [3.63, 3.8) is 0 Å². The molecule has 0 spiro atoms. The first-order chi connectivity index (χ1) is 12.5. The lowest BCUT2D eigenvalue weighted by atomic mass is 9.98. The van der Waals surface area contributed by atoms with Gasteiger partial charge in [-0.25, -0.2) is 4.98 Å². The van der Waals surface area contributed by atoms with Crippen molar-refractivity contribution in [2.24, 2.45) is 20.0 Å². The molecule has 2 aromatic rings. The number of aromatic nitrogens is 4. The maximum absolute atomic E-state index is 13.4. The predicted molar refractivity (Wildman–Crippen MR) is 101 cm³/mol. The highest BCUT2D eigenvalue weighted by molar-refractivity contribution is 5.78. The molecule has 6 heteroatoms. The van der Waals surface area contributed by atoms with Gasteiger partial charge in [-0.15, -0.1) is 0 Å². The van der Waals surface area contributed by atoms with Gasteiger partial charge in [0.1, 0.15) is 5.82 Å². The molecular formula is C20H31N5O. The van der Waals surface area contributed by atoms with Gasteiger partial charge in [-0.2, -0.15) is 5.10 Å². The number of hydrogen-bond donors (Lipinski definition) is 0. The summed E-state index contributed by atoms with van der Waals surface area (Å²) >= 11 is 0. The van der Waals surface area contributed by atoms with Crippen molar-refractivity contribution in [1.29, 1.82) is 0 Å². The van der Waals surface area contributed by atoms with Crippen LogP contribution in [0.5, 0.6) is 0 Å².